The fourth-order valence-electron chi connectivity index (χ4n) is 3.70. The van der Waals surface area contributed by atoms with Gasteiger partial charge in [0.25, 0.3) is 0 Å². The maximum absolute atomic E-state index is 12.5. The van der Waals surface area contributed by atoms with Crippen LogP contribution in [0.15, 0.2) is 24.3 Å². The molecule has 1 aromatic carbocycles. The quantitative estimate of drug-likeness (QED) is 0.867. The van der Waals surface area contributed by atoms with E-state index in [1.807, 2.05) is 0 Å². The van der Waals surface area contributed by atoms with E-state index in [0.29, 0.717) is 36.3 Å². The van der Waals surface area contributed by atoms with Gasteiger partial charge in [0.05, 0.1) is 18.1 Å². The number of rotatable bonds is 3. The van der Waals surface area contributed by atoms with E-state index < -0.39 is 0 Å². The van der Waals surface area contributed by atoms with Gasteiger partial charge in [-0.25, -0.2) is 4.79 Å². The van der Waals surface area contributed by atoms with E-state index in [1.54, 1.807) is 29.2 Å². The lowest BCUT2D eigenvalue weighted by molar-refractivity contribution is -0.128. The Balaban J connectivity index is 1.35. The van der Waals surface area contributed by atoms with Crippen molar-refractivity contribution in [2.75, 3.05) is 18.4 Å². The van der Waals surface area contributed by atoms with Crippen molar-refractivity contribution in [2.24, 2.45) is 5.92 Å². The Morgan fingerprint density at radius 1 is 1.16 bits per heavy atom. The van der Waals surface area contributed by atoms with E-state index in [4.69, 9.17) is 16.3 Å². The molecular formula is C18H22ClN3O3. The number of fused-ring (bicyclic) bond motifs is 2. The molecule has 0 aromatic heterocycles. The highest BCUT2D eigenvalue weighted by Gasteiger charge is 2.46. The fourth-order valence-corrected chi connectivity index (χ4v) is 3.82. The van der Waals surface area contributed by atoms with Crippen LogP contribution in [0.1, 0.15) is 25.7 Å². The number of likely N-dealkylation sites (tertiary alicyclic amines) is 1. The number of nitrogens with zero attached hydrogens (tertiary/aromatic N) is 1. The molecule has 2 bridgehead atoms. The summed E-state index contributed by atoms with van der Waals surface area (Å²) in [7, 11) is 0. The van der Waals surface area contributed by atoms with Crippen molar-refractivity contribution in [3.63, 3.8) is 0 Å². The van der Waals surface area contributed by atoms with E-state index in [1.165, 1.54) is 6.42 Å². The lowest BCUT2D eigenvalue weighted by atomic mass is 9.91. The predicted molar refractivity (Wildman–Crippen MR) is 94.6 cm³/mol. The summed E-state index contributed by atoms with van der Waals surface area (Å²) in [4.78, 5) is 26.7. The third-order valence-electron chi connectivity index (χ3n) is 5.33. The van der Waals surface area contributed by atoms with Crippen molar-refractivity contribution in [3.05, 3.63) is 29.3 Å². The third kappa shape index (κ3) is 3.60. The maximum atomic E-state index is 12.5. The topological polar surface area (TPSA) is 70.7 Å². The SMILES string of the molecule is O=C(NC1CCC1)[C@H]1C[C@@H]2CN(C(=O)Nc3ccc(Cl)cc3)C[C@H]1O2. The molecule has 6 nitrogen and oxygen atoms in total. The van der Waals surface area contributed by atoms with E-state index >= 15 is 0 Å². The largest absolute Gasteiger partial charge is 0.370 e. The maximum Gasteiger partial charge on any atom is 0.322 e. The summed E-state index contributed by atoms with van der Waals surface area (Å²) in [5, 5.41) is 6.61. The highest BCUT2D eigenvalue weighted by atomic mass is 35.5. The normalized spacial score (nSPS) is 28.4. The zero-order valence-corrected chi connectivity index (χ0v) is 14.7. The monoisotopic (exact) mass is 363 g/mol. The van der Waals surface area contributed by atoms with Crippen molar-refractivity contribution in [1.29, 1.82) is 0 Å². The molecule has 0 radical (unpaired) electrons. The molecule has 1 aromatic rings. The zero-order valence-electron chi connectivity index (χ0n) is 13.9. The molecule has 4 rings (SSSR count). The molecule has 2 heterocycles. The number of carbonyl (C=O) groups excluding carboxylic acids is 2. The van der Waals surface area contributed by atoms with Gasteiger partial charge < -0.3 is 20.3 Å². The number of nitrogens with one attached hydrogen (secondary N) is 2. The molecule has 1 aliphatic carbocycles. The first-order valence-electron chi connectivity index (χ1n) is 8.86. The summed E-state index contributed by atoms with van der Waals surface area (Å²) in [6.07, 6.45) is 3.75. The van der Waals surface area contributed by atoms with Gasteiger partial charge >= 0.3 is 6.03 Å². The van der Waals surface area contributed by atoms with Gasteiger partial charge in [0.15, 0.2) is 0 Å². The van der Waals surface area contributed by atoms with E-state index in [0.717, 1.165) is 12.8 Å². The van der Waals surface area contributed by atoms with Crippen molar-refractivity contribution < 1.29 is 14.3 Å². The third-order valence-corrected chi connectivity index (χ3v) is 5.58. The van der Waals surface area contributed by atoms with Crippen molar-refractivity contribution in [3.8, 4) is 0 Å². The Morgan fingerprint density at radius 3 is 2.60 bits per heavy atom. The molecule has 3 atom stereocenters. The minimum Gasteiger partial charge on any atom is -0.370 e. The summed E-state index contributed by atoms with van der Waals surface area (Å²) < 4.78 is 5.91. The molecule has 0 unspecified atom stereocenters. The van der Waals surface area contributed by atoms with Crippen LogP contribution in [0.3, 0.4) is 0 Å². The molecular weight excluding hydrogens is 342 g/mol. The van der Waals surface area contributed by atoms with Crippen LogP contribution in [0.4, 0.5) is 10.5 Å². The number of hydrogen-bond acceptors (Lipinski definition) is 3. The minimum absolute atomic E-state index is 0.0631. The van der Waals surface area contributed by atoms with Gasteiger partial charge in [-0.3, -0.25) is 4.79 Å². The number of anilines is 1. The van der Waals surface area contributed by atoms with Gasteiger partial charge in [0, 0.05) is 29.8 Å². The van der Waals surface area contributed by atoms with Crippen LogP contribution in [0.2, 0.25) is 5.02 Å². The predicted octanol–water partition coefficient (Wildman–Crippen LogP) is 2.63. The smallest absolute Gasteiger partial charge is 0.322 e. The van der Waals surface area contributed by atoms with Crippen molar-refractivity contribution in [1.82, 2.24) is 10.2 Å². The minimum atomic E-state index is -0.213. The van der Waals surface area contributed by atoms with Crippen LogP contribution in [0.25, 0.3) is 0 Å². The van der Waals surface area contributed by atoms with Gasteiger partial charge in [-0.2, -0.15) is 0 Å². The lowest BCUT2D eigenvalue weighted by Crippen LogP contribution is -2.50. The molecule has 0 spiro atoms. The van der Waals surface area contributed by atoms with Crippen molar-refractivity contribution in [2.45, 2.75) is 43.9 Å². The number of benzene rings is 1. The average Bonchev–Trinajstić information content (AvgIpc) is 2.87. The Kier molecular flexibility index (Phi) is 4.56. The van der Waals surface area contributed by atoms with Crippen molar-refractivity contribution >= 4 is 29.2 Å². The van der Waals surface area contributed by atoms with Crippen LogP contribution in [-0.2, 0) is 9.53 Å². The second kappa shape index (κ2) is 6.84. The summed E-state index contributed by atoms with van der Waals surface area (Å²) in [5.74, 6) is -0.0731. The molecule has 3 fully saturated rings. The lowest BCUT2D eigenvalue weighted by Gasteiger charge is -2.33. The number of amides is 3. The second-order valence-corrected chi connectivity index (χ2v) is 7.55. The standard InChI is InChI=1S/C18H22ClN3O3/c19-11-4-6-13(7-5-11)21-18(24)22-9-14-8-15(16(10-22)25-14)17(23)20-12-2-1-3-12/h4-7,12,14-16H,1-3,8-10H2,(H,20,23)(H,21,24)/t14-,15+,16-/m1/s1. The highest BCUT2D eigenvalue weighted by Crippen LogP contribution is 2.33. The van der Waals surface area contributed by atoms with Gasteiger partial charge in [0.1, 0.15) is 0 Å². The molecule has 3 amide bonds. The fraction of sp³-hybridized carbons (Fsp3) is 0.556. The van der Waals surface area contributed by atoms with Gasteiger partial charge in [-0.05, 0) is 49.9 Å². The van der Waals surface area contributed by atoms with Crippen LogP contribution in [-0.4, -0.2) is 48.2 Å². The molecule has 134 valence electrons. The Hall–Kier alpha value is -1.79. The number of hydrogen-bond donors (Lipinski definition) is 2. The first-order valence-corrected chi connectivity index (χ1v) is 9.23. The van der Waals surface area contributed by atoms with E-state index in [-0.39, 0.29) is 30.1 Å². The molecule has 7 heteroatoms. The van der Waals surface area contributed by atoms with Crippen LogP contribution in [0.5, 0.6) is 0 Å². The summed E-state index contributed by atoms with van der Waals surface area (Å²) in [5.41, 5.74) is 0.701. The number of halogens is 1. The number of urea groups is 1. The Morgan fingerprint density at radius 2 is 1.92 bits per heavy atom. The summed E-state index contributed by atoms with van der Waals surface area (Å²) >= 11 is 5.86. The van der Waals surface area contributed by atoms with Gasteiger partial charge in [-0.15, -0.1) is 0 Å². The first kappa shape index (κ1) is 16.7. The van der Waals surface area contributed by atoms with E-state index in [2.05, 4.69) is 10.6 Å². The molecule has 2 N–H and O–H groups in total. The number of carbonyl (C=O) groups is 2. The number of ether oxygens (including phenoxy) is 1. The first-order chi connectivity index (χ1) is 12.1. The van der Waals surface area contributed by atoms with Crippen LogP contribution in [0, 0.1) is 5.92 Å². The van der Waals surface area contributed by atoms with Crippen LogP contribution >= 0.6 is 11.6 Å². The van der Waals surface area contributed by atoms with Gasteiger partial charge in [0.2, 0.25) is 5.91 Å². The molecule has 2 aliphatic heterocycles. The molecule has 2 saturated heterocycles. The van der Waals surface area contributed by atoms with Crippen LogP contribution < -0.4 is 10.6 Å². The Bertz CT molecular complexity index is 662. The second-order valence-electron chi connectivity index (χ2n) is 7.12. The van der Waals surface area contributed by atoms with E-state index in [9.17, 15) is 9.59 Å². The zero-order chi connectivity index (χ0) is 17.4. The summed E-state index contributed by atoms with van der Waals surface area (Å²) in [6.45, 7) is 0.960. The Labute approximate surface area is 151 Å². The molecule has 1 saturated carbocycles. The van der Waals surface area contributed by atoms with Gasteiger partial charge in [-0.1, -0.05) is 11.6 Å². The number of morpholine rings is 1. The average molecular weight is 364 g/mol. The summed E-state index contributed by atoms with van der Waals surface area (Å²) in [6, 6.07) is 7.17. The molecule has 25 heavy (non-hydrogen) atoms. The highest BCUT2D eigenvalue weighted by molar-refractivity contribution is 6.30. The molecule has 3 aliphatic rings.